The molecular formula is C6H10O2. The number of rotatable bonds is 2. The van der Waals surface area contributed by atoms with Crippen molar-refractivity contribution in [2.24, 2.45) is 0 Å². The van der Waals surface area contributed by atoms with Gasteiger partial charge in [0.05, 0.1) is 6.26 Å². The molecule has 8 heavy (non-hydrogen) atoms. The minimum Gasteiger partial charge on any atom is -0.468 e. The van der Waals surface area contributed by atoms with Gasteiger partial charge in [-0.3, -0.25) is 0 Å². The van der Waals surface area contributed by atoms with Crippen molar-refractivity contribution in [1.29, 1.82) is 0 Å². The van der Waals surface area contributed by atoms with Gasteiger partial charge < -0.3 is 9.47 Å². The maximum atomic E-state index is 5.09. The van der Waals surface area contributed by atoms with Crippen LogP contribution in [0.2, 0.25) is 0 Å². The molecule has 2 heteroatoms. The van der Waals surface area contributed by atoms with Gasteiger partial charge in [0, 0.05) is 6.92 Å². The summed E-state index contributed by atoms with van der Waals surface area (Å²) < 4.78 is 10.0. The van der Waals surface area contributed by atoms with E-state index in [0.29, 0.717) is 0 Å². The Labute approximate surface area is 49.1 Å². The molecule has 1 aliphatic heterocycles. The van der Waals surface area contributed by atoms with Gasteiger partial charge in [0.25, 0.3) is 0 Å². The molecule has 1 unspecified atom stereocenters. The lowest BCUT2D eigenvalue weighted by atomic mass is 10.5. The summed E-state index contributed by atoms with van der Waals surface area (Å²) in [7, 11) is 0. The van der Waals surface area contributed by atoms with Gasteiger partial charge in [-0.1, -0.05) is 6.08 Å². The molecule has 2 nitrogen and oxygen atoms in total. The molecule has 0 N–H and O–H groups in total. The number of hydrogen-bond acceptors (Lipinski definition) is 2. The van der Waals surface area contributed by atoms with Crippen LogP contribution < -0.4 is 0 Å². The standard InChI is InChI=1S/C6H10O2/c1-3-4-7-6(2)5-8-6/h3-4H,5H2,1-2H3. The fourth-order valence-electron chi connectivity index (χ4n) is 0.382. The SMILES string of the molecule is CC=COC1(C)CO1. The molecule has 0 aromatic carbocycles. The lowest BCUT2D eigenvalue weighted by Crippen LogP contribution is -2.04. The van der Waals surface area contributed by atoms with E-state index >= 15 is 0 Å². The molecule has 0 aromatic rings. The maximum absolute atomic E-state index is 5.09. The zero-order valence-electron chi connectivity index (χ0n) is 5.18. The van der Waals surface area contributed by atoms with Crippen molar-refractivity contribution in [3.05, 3.63) is 12.3 Å². The van der Waals surface area contributed by atoms with Crippen molar-refractivity contribution in [2.45, 2.75) is 19.6 Å². The van der Waals surface area contributed by atoms with Gasteiger partial charge in [0.2, 0.25) is 5.79 Å². The van der Waals surface area contributed by atoms with Crippen LogP contribution in [0.25, 0.3) is 0 Å². The first kappa shape index (κ1) is 5.63. The first-order valence-corrected chi connectivity index (χ1v) is 2.70. The average Bonchev–Trinajstić information content (AvgIpc) is 2.45. The van der Waals surface area contributed by atoms with Crippen molar-refractivity contribution in [2.75, 3.05) is 6.61 Å². The van der Waals surface area contributed by atoms with Gasteiger partial charge in [0.1, 0.15) is 6.61 Å². The van der Waals surface area contributed by atoms with Crippen LogP contribution in [0.3, 0.4) is 0 Å². The molecule has 0 aromatic heterocycles. The van der Waals surface area contributed by atoms with Crippen molar-refractivity contribution in [1.82, 2.24) is 0 Å². The summed E-state index contributed by atoms with van der Waals surface area (Å²) >= 11 is 0. The highest BCUT2D eigenvalue weighted by molar-refractivity contribution is 4.80. The number of ether oxygens (including phenoxy) is 2. The summed E-state index contributed by atoms with van der Waals surface area (Å²) in [6.07, 6.45) is 3.49. The average molecular weight is 114 g/mol. The van der Waals surface area contributed by atoms with E-state index in [1.165, 1.54) is 0 Å². The van der Waals surface area contributed by atoms with E-state index in [4.69, 9.17) is 9.47 Å². The van der Waals surface area contributed by atoms with E-state index < -0.39 is 0 Å². The lowest BCUT2D eigenvalue weighted by molar-refractivity contribution is 0.0363. The fraction of sp³-hybridized carbons (Fsp3) is 0.667. The van der Waals surface area contributed by atoms with Crippen LogP contribution in [0, 0.1) is 0 Å². The van der Waals surface area contributed by atoms with E-state index in [1.54, 1.807) is 6.26 Å². The van der Waals surface area contributed by atoms with Crippen molar-refractivity contribution >= 4 is 0 Å². The van der Waals surface area contributed by atoms with Crippen molar-refractivity contribution in [3.63, 3.8) is 0 Å². The third-order valence-corrected chi connectivity index (χ3v) is 1.00. The molecule has 1 heterocycles. The molecule has 0 bridgehead atoms. The quantitative estimate of drug-likeness (QED) is 0.398. The van der Waals surface area contributed by atoms with E-state index in [2.05, 4.69) is 0 Å². The summed E-state index contributed by atoms with van der Waals surface area (Å²) in [6.45, 7) is 4.54. The number of epoxide rings is 1. The minimum absolute atomic E-state index is 0.285. The number of hydrogen-bond donors (Lipinski definition) is 0. The van der Waals surface area contributed by atoms with Crippen LogP contribution in [-0.4, -0.2) is 12.4 Å². The molecule has 0 radical (unpaired) electrons. The van der Waals surface area contributed by atoms with E-state index in [9.17, 15) is 0 Å². The molecular weight excluding hydrogens is 104 g/mol. The second-order valence-corrected chi connectivity index (χ2v) is 2.01. The Balaban J connectivity index is 2.19. The van der Waals surface area contributed by atoms with E-state index in [0.717, 1.165) is 6.61 Å². The Morgan fingerprint density at radius 2 is 2.38 bits per heavy atom. The predicted molar refractivity (Wildman–Crippen MR) is 30.3 cm³/mol. The Hall–Kier alpha value is -0.500. The predicted octanol–water partition coefficient (Wildman–Crippen LogP) is 1.28. The molecule has 1 aliphatic rings. The molecule has 1 saturated heterocycles. The first-order valence-electron chi connectivity index (χ1n) is 2.70. The Bertz CT molecular complexity index is 103. The largest absolute Gasteiger partial charge is 0.468 e. The third-order valence-electron chi connectivity index (χ3n) is 1.00. The third kappa shape index (κ3) is 1.23. The molecule has 46 valence electrons. The minimum atomic E-state index is -0.285. The summed E-state index contributed by atoms with van der Waals surface area (Å²) in [5, 5.41) is 0. The highest BCUT2D eigenvalue weighted by Crippen LogP contribution is 2.26. The lowest BCUT2D eigenvalue weighted by Gasteiger charge is -2.01. The molecule has 1 fully saturated rings. The Morgan fingerprint density at radius 3 is 2.75 bits per heavy atom. The van der Waals surface area contributed by atoms with Crippen LogP contribution in [0.4, 0.5) is 0 Å². The van der Waals surface area contributed by atoms with Crippen LogP contribution in [0.15, 0.2) is 12.3 Å². The van der Waals surface area contributed by atoms with Crippen molar-refractivity contribution < 1.29 is 9.47 Å². The van der Waals surface area contributed by atoms with Crippen LogP contribution in [0.5, 0.6) is 0 Å². The Kier molecular flexibility index (Phi) is 1.26. The highest BCUT2D eigenvalue weighted by Gasteiger charge is 2.40. The van der Waals surface area contributed by atoms with Crippen molar-refractivity contribution in [3.8, 4) is 0 Å². The summed E-state index contributed by atoms with van der Waals surface area (Å²) in [6, 6.07) is 0. The smallest absolute Gasteiger partial charge is 0.230 e. The molecule has 0 spiro atoms. The zero-order chi connectivity index (χ0) is 6.04. The molecule has 1 rings (SSSR count). The summed E-state index contributed by atoms with van der Waals surface area (Å²) in [5.41, 5.74) is 0. The van der Waals surface area contributed by atoms with Gasteiger partial charge >= 0.3 is 0 Å². The summed E-state index contributed by atoms with van der Waals surface area (Å²) in [4.78, 5) is 0. The second kappa shape index (κ2) is 1.78. The summed E-state index contributed by atoms with van der Waals surface area (Å²) in [5.74, 6) is -0.285. The van der Waals surface area contributed by atoms with Crippen LogP contribution in [-0.2, 0) is 9.47 Å². The molecule has 0 aliphatic carbocycles. The van der Waals surface area contributed by atoms with Gasteiger partial charge in [-0.2, -0.15) is 0 Å². The molecule has 0 saturated carbocycles. The van der Waals surface area contributed by atoms with Gasteiger partial charge in [-0.05, 0) is 6.92 Å². The number of allylic oxidation sites excluding steroid dienone is 1. The van der Waals surface area contributed by atoms with Crippen LogP contribution in [0.1, 0.15) is 13.8 Å². The maximum Gasteiger partial charge on any atom is 0.230 e. The van der Waals surface area contributed by atoms with E-state index in [1.807, 2.05) is 19.9 Å². The molecule has 1 atom stereocenters. The Morgan fingerprint density at radius 1 is 1.75 bits per heavy atom. The van der Waals surface area contributed by atoms with Crippen LogP contribution >= 0.6 is 0 Å². The van der Waals surface area contributed by atoms with Gasteiger partial charge in [0.15, 0.2) is 0 Å². The van der Waals surface area contributed by atoms with E-state index in [-0.39, 0.29) is 5.79 Å². The fourth-order valence-corrected chi connectivity index (χ4v) is 0.382. The topological polar surface area (TPSA) is 21.8 Å². The monoisotopic (exact) mass is 114 g/mol. The second-order valence-electron chi connectivity index (χ2n) is 2.01. The normalized spacial score (nSPS) is 35.8. The molecule has 0 amide bonds. The first-order chi connectivity index (χ1) is 3.77. The highest BCUT2D eigenvalue weighted by atomic mass is 16.8. The van der Waals surface area contributed by atoms with Gasteiger partial charge in [-0.25, -0.2) is 0 Å². The zero-order valence-corrected chi connectivity index (χ0v) is 5.18. The van der Waals surface area contributed by atoms with Gasteiger partial charge in [-0.15, -0.1) is 0 Å².